The summed E-state index contributed by atoms with van der Waals surface area (Å²) in [6.07, 6.45) is 0. The third-order valence-electron chi connectivity index (χ3n) is 2.34. The molecular weight excluding hydrogens is 212 g/mol. The Balaban J connectivity index is 2.32. The summed E-state index contributed by atoms with van der Waals surface area (Å²) < 4.78 is 24.9. The van der Waals surface area contributed by atoms with Crippen LogP contribution in [-0.4, -0.2) is 25.3 Å². The van der Waals surface area contributed by atoms with Gasteiger partial charge in [0.05, 0.1) is 11.0 Å². The van der Waals surface area contributed by atoms with Crippen molar-refractivity contribution in [3.63, 3.8) is 0 Å². The first-order valence-corrected chi connectivity index (χ1v) is 5.98. The summed E-state index contributed by atoms with van der Waals surface area (Å²) >= 11 is 0. The summed E-state index contributed by atoms with van der Waals surface area (Å²) in [6.45, 7) is 2.21. The van der Waals surface area contributed by atoms with E-state index in [0.29, 0.717) is 6.54 Å². The largest absolute Gasteiger partial charge is 0.244 e. The van der Waals surface area contributed by atoms with E-state index < -0.39 is 16.1 Å². The highest BCUT2D eigenvalue weighted by molar-refractivity contribution is 7.89. The van der Waals surface area contributed by atoms with Gasteiger partial charge in [0, 0.05) is 6.54 Å². The third kappa shape index (κ3) is 1.74. The minimum Gasteiger partial charge on any atom is -0.207 e. The van der Waals surface area contributed by atoms with E-state index in [1.165, 1.54) is 4.31 Å². The molecule has 4 nitrogen and oxygen atoms in total. The summed E-state index contributed by atoms with van der Waals surface area (Å²) in [5, 5.41) is 8.57. The summed E-state index contributed by atoms with van der Waals surface area (Å²) in [5.41, 5.74) is 1.01. The molecule has 2 rings (SSSR count). The van der Waals surface area contributed by atoms with Gasteiger partial charge in [0.1, 0.15) is 6.04 Å². The summed E-state index contributed by atoms with van der Waals surface area (Å²) in [4.78, 5) is 0.255. The molecule has 5 heteroatoms. The van der Waals surface area contributed by atoms with E-state index in [0.717, 1.165) is 5.56 Å². The topological polar surface area (TPSA) is 60.9 Å². The Morgan fingerprint density at radius 3 is 2.47 bits per heavy atom. The van der Waals surface area contributed by atoms with Crippen molar-refractivity contribution in [3.05, 3.63) is 29.8 Å². The molecule has 1 aromatic carbocycles. The first-order valence-electron chi connectivity index (χ1n) is 4.54. The fourth-order valence-corrected chi connectivity index (χ4v) is 2.81. The smallest absolute Gasteiger partial charge is 0.207 e. The van der Waals surface area contributed by atoms with E-state index in [1.807, 2.05) is 13.0 Å². The van der Waals surface area contributed by atoms with E-state index in [9.17, 15) is 8.42 Å². The Kier molecular flexibility index (Phi) is 2.25. The molecule has 1 aliphatic heterocycles. The molecule has 1 saturated heterocycles. The van der Waals surface area contributed by atoms with Crippen molar-refractivity contribution in [3.8, 4) is 6.07 Å². The van der Waals surface area contributed by atoms with Gasteiger partial charge in [0.2, 0.25) is 10.0 Å². The Morgan fingerprint density at radius 1 is 1.40 bits per heavy atom. The van der Waals surface area contributed by atoms with Gasteiger partial charge in [-0.15, -0.1) is 0 Å². The van der Waals surface area contributed by atoms with Crippen LogP contribution < -0.4 is 0 Å². The van der Waals surface area contributed by atoms with Gasteiger partial charge in [-0.1, -0.05) is 17.7 Å². The van der Waals surface area contributed by atoms with Crippen molar-refractivity contribution in [2.45, 2.75) is 17.9 Å². The zero-order valence-corrected chi connectivity index (χ0v) is 9.03. The van der Waals surface area contributed by atoms with Gasteiger partial charge in [-0.2, -0.15) is 9.57 Å². The quantitative estimate of drug-likeness (QED) is 0.698. The normalized spacial score (nSPS) is 24.5. The zero-order valence-electron chi connectivity index (χ0n) is 8.21. The van der Waals surface area contributed by atoms with Crippen molar-refractivity contribution in [1.82, 2.24) is 4.31 Å². The summed E-state index contributed by atoms with van der Waals surface area (Å²) in [7, 11) is -3.43. The van der Waals surface area contributed by atoms with Gasteiger partial charge in [-0.25, -0.2) is 8.42 Å². The van der Waals surface area contributed by atoms with Gasteiger partial charge in [-0.3, -0.25) is 0 Å². The van der Waals surface area contributed by atoms with Crippen LogP contribution in [0.15, 0.2) is 29.2 Å². The molecule has 15 heavy (non-hydrogen) atoms. The molecule has 1 fully saturated rings. The van der Waals surface area contributed by atoms with Crippen LogP contribution in [0.5, 0.6) is 0 Å². The lowest BCUT2D eigenvalue weighted by molar-refractivity contribution is 0.559. The Morgan fingerprint density at radius 2 is 2.00 bits per heavy atom. The lowest BCUT2D eigenvalue weighted by atomic mass is 10.2. The predicted molar refractivity (Wildman–Crippen MR) is 54.5 cm³/mol. The molecule has 1 aromatic rings. The molecule has 0 spiro atoms. The Bertz CT molecular complexity index is 513. The molecule has 1 aliphatic rings. The van der Waals surface area contributed by atoms with Crippen molar-refractivity contribution in [1.29, 1.82) is 5.26 Å². The van der Waals surface area contributed by atoms with E-state index in [4.69, 9.17) is 5.26 Å². The first-order chi connectivity index (χ1) is 7.05. The standard InChI is InChI=1S/C10H10N2O2S/c1-8-2-4-10(5-3-8)15(13,14)12-7-9(12)6-11/h2-5,9H,7H2,1H3. The van der Waals surface area contributed by atoms with Gasteiger partial charge in [-0.05, 0) is 19.1 Å². The van der Waals surface area contributed by atoms with E-state index >= 15 is 0 Å². The van der Waals surface area contributed by atoms with Crippen LogP contribution in [0.1, 0.15) is 5.56 Å². The van der Waals surface area contributed by atoms with Crippen molar-refractivity contribution in [2.24, 2.45) is 0 Å². The second kappa shape index (κ2) is 3.33. The fourth-order valence-electron chi connectivity index (χ4n) is 1.34. The van der Waals surface area contributed by atoms with Gasteiger partial charge in [0.25, 0.3) is 0 Å². The Labute approximate surface area is 88.8 Å². The average molecular weight is 222 g/mol. The Hall–Kier alpha value is -1.38. The first kappa shape index (κ1) is 10.1. The molecule has 0 saturated carbocycles. The fraction of sp³-hybridized carbons (Fsp3) is 0.300. The number of hydrogen-bond donors (Lipinski definition) is 0. The number of hydrogen-bond acceptors (Lipinski definition) is 3. The van der Waals surface area contributed by atoms with E-state index in [2.05, 4.69) is 0 Å². The van der Waals surface area contributed by atoms with Crippen LogP contribution in [0.3, 0.4) is 0 Å². The summed E-state index contributed by atoms with van der Waals surface area (Å²) in [6, 6.07) is 8.08. The maximum Gasteiger partial charge on any atom is 0.244 e. The minimum absolute atomic E-state index is 0.255. The van der Waals surface area contributed by atoms with Gasteiger partial charge in [0.15, 0.2) is 0 Å². The van der Waals surface area contributed by atoms with Crippen molar-refractivity contribution in [2.75, 3.05) is 6.54 Å². The van der Waals surface area contributed by atoms with E-state index in [-0.39, 0.29) is 4.90 Å². The molecule has 0 N–H and O–H groups in total. The van der Waals surface area contributed by atoms with Crippen LogP contribution in [0, 0.1) is 18.3 Å². The maximum absolute atomic E-state index is 11.8. The highest BCUT2D eigenvalue weighted by Gasteiger charge is 2.44. The number of nitrogens with zero attached hydrogens (tertiary/aromatic N) is 2. The van der Waals surface area contributed by atoms with Crippen LogP contribution >= 0.6 is 0 Å². The molecule has 0 amide bonds. The SMILES string of the molecule is Cc1ccc(S(=O)(=O)N2CC2C#N)cc1. The molecule has 2 atom stereocenters. The lowest BCUT2D eigenvalue weighted by Crippen LogP contribution is -2.13. The lowest BCUT2D eigenvalue weighted by Gasteiger charge is -2.04. The monoisotopic (exact) mass is 222 g/mol. The van der Waals surface area contributed by atoms with Crippen LogP contribution in [-0.2, 0) is 10.0 Å². The van der Waals surface area contributed by atoms with Crippen molar-refractivity contribution >= 4 is 10.0 Å². The van der Waals surface area contributed by atoms with Gasteiger partial charge < -0.3 is 0 Å². The van der Waals surface area contributed by atoms with Crippen LogP contribution in [0.4, 0.5) is 0 Å². The highest BCUT2D eigenvalue weighted by Crippen LogP contribution is 2.27. The molecule has 78 valence electrons. The molecular formula is C10H10N2O2S. The highest BCUT2D eigenvalue weighted by atomic mass is 32.2. The molecule has 0 radical (unpaired) electrons. The number of nitriles is 1. The molecule has 1 heterocycles. The van der Waals surface area contributed by atoms with Crippen LogP contribution in [0.25, 0.3) is 0 Å². The molecule has 0 bridgehead atoms. The molecule has 0 aliphatic carbocycles. The third-order valence-corrected chi connectivity index (χ3v) is 4.23. The number of rotatable bonds is 2. The number of benzene rings is 1. The summed E-state index contributed by atoms with van der Waals surface area (Å²) in [5.74, 6) is 0. The number of sulfonamides is 1. The second-order valence-electron chi connectivity index (χ2n) is 3.53. The van der Waals surface area contributed by atoms with Gasteiger partial charge >= 0.3 is 0 Å². The van der Waals surface area contributed by atoms with E-state index in [1.54, 1.807) is 24.3 Å². The minimum atomic E-state index is -3.43. The molecule has 0 aromatic heterocycles. The van der Waals surface area contributed by atoms with Crippen LogP contribution in [0.2, 0.25) is 0 Å². The average Bonchev–Trinajstić information content (AvgIpc) is 2.98. The predicted octanol–water partition coefficient (Wildman–Crippen LogP) is 0.892. The zero-order chi connectivity index (χ0) is 11.1. The maximum atomic E-state index is 11.8. The number of aryl methyl sites for hydroxylation is 1. The molecule has 2 unspecified atom stereocenters. The van der Waals surface area contributed by atoms with Crippen molar-refractivity contribution < 1.29 is 8.42 Å². The second-order valence-corrected chi connectivity index (χ2v) is 5.42.